The van der Waals surface area contributed by atoms with Gasteiger partial charge in [-0.2, -0.15) is 0 Å². The molecule has 1 aliphatic carbocycles. The molecule has 0 aromatic carbocycles. The summed E-state index contributed by atoms with van der Waals surface area (Å²) in [7, 11) is 1.91. The van der Waals surface area contributed by atoms with Gasteiger partial charge in [-0.1, -0.05) is 6.42 Å². The fourth-order valence-electron chi connectivity index (χ4n) is 2.94. The van der Waals surface area contributed by atoms with Gasteiger partial charge in [-0.05, 0) is 31.6 Å². The second kappa shape index (κ2) is 5.83. The average molecular weight is 240 g/mol. The largest absolute Gasteiger partial charge is 0.379 e. The standard InChI is InChI=1S/C13H24N2O2/c1-15(12-5-6-17-9-12)13(16)8-10-3-2-4-11(14)7-10/h10-12H,2-9,14H2,1H3. The molecule has 1 saturated heterocycles. The number of carbonyl (C=O) groups is 1. The first-order valence-corrected chi connectivity index (χ1v) is 6.76. The molecule has 4 nitrogen and oxygen atoms in total. The number of carbonyl (C=O) groups excluding carboxylic acids is 1. The predicted molar refractivity (Wildman–Crippen MR) is 66.5 cm³/mol. The molecule has 0 radical (unpaired) electrons. The molecule has 0 aromatic rings. The maximum Gasteiger partial charge on any atom is 0.222 e. The second-order valence-corrected chi connectivity index (χ2v) is 5.52. The number of amides is 1. The Balaban J connectivity index is 1.79. The lowest BCUT2D eigenvalue weighted by molar-refractivity contribution is -0.133. The van der Waals surface area contributed by atoms with E-state index in [4.69, 9.17) is 10.5 Å². The summed E-state index contributed by atoms with van der Waals surface area (Å²) in [6.07, 6.45) is 6.12. The number of nitrogens with two attached hydrogens (primary N) is 1. The summed E-state index contributed by atoms with van der Waals surface area (Å²) < 4.78 is 5.32. The third-order valence-corrected chi connectivity index (χ3v) is 4.13. The molecule has 2 rings (SSSR count). The smallest absolute Gasteiger partial charge is 0.222 e. The van der Waals surface area contributed by atoms with E-state index in [0.29, 0.717) is 31.0 Å². The van der Waals surface area contributed by atoms with E-state index in [0.717, 1.165) is 32.3 Å². The minimum absolute atomic E-state index is 0.264. The Bertz CT molecular complexity index is 264. The molecule has 1 amide bonds. The van der Waals surface area contributed by atoms with Crippen molar-refractivity contribution in [1.29, 1.82) is 0 Å². The Morgan fingerprint density at radius 1 is 1.41 bits per heavy atom. The second-order valence-electron chi connectivity index (χ2n) is 5.52. The SMILES string of the molecule is CN(C(=O)CC1CCCC(N)C1)C1CCOC1. The van der Waals surface area contributed by atoms with Crippen LogP contribution in [0.25, 0.3) is 0 Å². The van der Waals surface area contributed by atoms with Crippen LogP contribution in [0.2, 0.25) is 0 Å². The maximum atomic E-state index is 12.1. The Labute approximate surface area is 103 Å². The first-order valence-electron chi connectivity index (χ1n) is 6.76. The van der Waals surface area contributed by atoms with Gasteiger partial charge in [0.2, 0.25) is 5.91 Å². The van der Waals surface area contributed by atoms with Gasteiger partial charge in [0.1, 0.15) is 0 Å². The molecule has 2 fully saturated rings. The van der Waals surface area contributed by atoms with Crippen molar-refractivity contribution in [2.45, 2.75) is 50.6 Å². The van der Waals surface area contributed by atoms with Crippen LogP contribution in [0, 0.1) is 5.92 Å². The molecule has 1 aliphatic heterocycles. The van der Waals surface area contributed by atoms with Gasteiger partial charge >= 0.3 is 0 Å². The van der Waals surface area contributed by atoms with Crippen LogP contribution >= 0.6 is 0 Å². The number of hydrogen-bond acceptors (Lipinski definition) is 3. The zero-order valence-electron chi connectivity index (χ0n) is 10.7. The topological polar surface area (TPSA) is 55.6 Å². The molecule has 1 saturated carbocycles. The summed E-state index contributed by atoms with van der Waals surface area (Å²) in [5.41, 5.74) is 5.95. The highest BCUT2D eigenvalue weighted by atomic mass is 16.5. The molecular formula is C13H24N2O2. The van der Waals surface area contributed by atoms with Gasteiger partial charge in [-0.25, -0.2) is 0 Å². The lowest BCUT2D eigenvalue weighted by Crippen LogP contribution is -2.39. The van der Waals surface area contributed by atoms with Gasteiger partial charge in [0.25, 0.3) is 0 Å². The van der Waals surface area contributed by atoms with Crippen LogP contribution < -0.4 is 5.73 Å². The number of likely N-dealkylation sites (N-methyl/N-ethyl adjacent to an activating group) is 1. The Hall–Kier alpha value is -0.610. The van der Waals surface area contributed by atoms with E-state index < -0.39 is 0 Å². The Morgan fingerprint density at radius 3 is 2.88 bits per heavy atom. The van der Waals surface area contributed by atoms with Crippen LogP contribution in [0.15, 0.2) is 0 Å². The van der Waals surface area contributed by atoms with Crippen molar-refractivity contribution < 1.29 is 9.53 Å². The fraction of sp³-hybridized carbons (Fsp3) is 0.923. The lowest BCUT2D eigenvalue weighted by Gasteiger charge is -2.29. The van der Waals surface area contributed by atoms with E-state index in [1.807, 2.05) is 11.9 Å². The van der Waals surface area contributed by atoms with Gasteiger partial charge < -0.3 is 15.4 Å². The number of hydrogen-bond donors (Lipinski definition) is 1. The third-order valence-electron chi connectivity index (χ3n) is 4.13. The normalized spacial score (nSPS) is 33.6. The van der Waals surface area contributed by atoms with E-state index in [9.17, 15) is 4.79 Å². The lowest BCUT2D eigenvalue weighted by atomic mass is 9.84. The summed E-state index contributed by atoms with van der Waals surface area (Å²) in [5.74, 6) is 0.760. The molecule has 17 heavy (non-hydrogen) atoms. The molecule has 0 spiro atoms. The summed E-state index contributed by atoms with van der Waals surface area (Å²) >= 11 is 0. The molecular weight excluding hydrogens is 216 g/mol. The van der Waals surface area contributed by atoms with Crippen molar-refractivity contribution in [1.82, 2.24) is 4.90 Å². The van der Waals surface area contributed by atoms with Gasteiger partial charge in [0.15, 0.2) is 0 Å². The van der Waals surface area contributed by atoms with Gasteiger partial charge in [0, 0.05) is 26.1 Å². The van der Waals surface area contributed by atoms with E-state index >= 15 is 0 Å². The zero-order valence-corrected chi connectivity index (χ0v) is 10.7. The number of rotatable bonds is 3. The molecule has 2 N–H and O–H groups in total. The minimum Gasteiger partial charge on any atom is -0.379 e. The van der Waals surface area contributed by atoms with E-state index in [1.165, 1.54) is 6.42 Å². The van der Waals surface area contributed by atoms with Crippen molar-refractivity contribution in [2.24, 2.45) is 11.7 Å². The third kappa shape index (κ3) is 3.42. The van der Waals surface area contributed by atoms with Crippen molar-refractivity contribution in [3.05, 3.63) is 0 Å². The van der Waals surface area contributed by atoms with Gasteiger partial charge in [0.05, 0.1) is 12.6 Å². The average Bonchev–Trinajstić information content (AvgIpc) is 2.81. The van der Waals surface area contributed by atoms with E-state index in [-0.39, 0.29) is 5.91 Å². The van der Waals surface area contributed by atoms with Crippen LogP contribution in [-0.2, 0) is 9.53 Å². The molecule has 1 heterocycles. The highest BCUT2D eigenvalue weighted by Crippen LogP contribution is 2.26. The molecule has 0 aromatic heterocycles. The van der Waals surface area contributed by atoms with Crippen molar-refractivity contribution >= 4 is 5.91 Å². The van der Waals surface area contributed by atoms with Crippen LogP contribution in [0.1, 0.15) is 38.5 Å². The summed E-state index contributed by atoms with van der Waals surface area (Å²) in [5, 5.41) is 0. The fourth-order valence-corrected chi connectivity index (χ4v) is 2.94. The quantitative estimate of drug-likeness (QED) is 0.805. The van der Waals surface area contributed by atoms with Crippen LogP contribution in [0.5, 0.6) is 0 Å². The van der Waals surface area contributed by atoms with E-state index in [1.54, 1.807) is 0 Å². The van der Waals surface area contributed by atoms with E-state index in [2.05, 4.69) is 0 Å². The molecule has 2 aliphatic rings. The first kappa shape index (κ1) is 12.8. The van der Waals surface area contributed by atoms with Crippen molar-refractivity contribution in [3.63, 3.8) is 0 Å². The maximum absolute atomic E-state index is 12.1. The van der Waals surface area contributed by atoms with Crippen molar-refractivity contribution in [2.75, 3.05) is 20.3 Å². The summed E-state index contributed by atoms with van der Waals surface area (Å²) in [6.45, 7) is 1.49. The summed E-state index contributed by atoms with van der Waals surface area (Å²) in [4.78, 5) is 14.0. The Morgan fingerprint density at radius 2 is 2.24 bits per heavy atom. The molecule has 4 heteroatoms. The van der Waals surface area contributed by atoms with Crippen molar-refractivity contribution in [3.8, 4) is 0 Å². The minimum atomic E-state index is 0.264. The highest BCUT2D eigenvalue weighted by molar-refractivity contribution is 5.76. The first-order chi connectivity index (χ1) is 8.16. The predicted octanol–water partition coefficient (Wildman–Crippen LogP) is 1.14. The number of nitrogens with zero attached hydrogens (tertiary/aromatic N) is 1. The molecule has 3 unspecified atom stereocenters. The molecule has 3 atom stereocenters. The van der Waals surface area contributed by atoms with Gasteiger partial charge in [-0.3, -0.25) is 4.79 Å². The molecule has 98 valence electrons. The van der Waals surface area contributed by atoms with Crippen LogP contribution in [0.3, 0.4) is 0 Å². The number of ether oxygens (including phenoxy) is 1. The highest BCUT2D eigenvalue weighted by Gasteiger charge is 2.27. The van der Waals surface area contributed by atoms with Crippen LogP contribution in [0.4, 0.5) is 0 Å². The van der Waals surface area contributed by atoms with Gasteiger partial charge in [-0.15, -0.1) is 0 Å². The zero-order chi connectivity index (χ0) is 12.3. The molecule has 0 bridgehead atoms. The summed E-state index contributed by atoms with van der Waals surface area (Å²) in [6, 6.07) is 0.599. The monoisotopic (exact) mass is 240 g/mol. The Kier molecular flexibility index (Phi) is 4.40. The van der Waals surface area contributed by atoms with Crippen LogP contribution in [-0.4, -0.2) is 43.2 Å².